The molecule has 3 nitrogen and oxygen atoms in total. The van der Waals surface area contributed by atoms with Gasteiger partial charge in [-0.3, -0.25) is 0 Å². The first-order valence-corrected chi connectivity index (χ1v) is 5.29. The van der Waals surface area contributed by atoms with Crippen LogP contribution >= 0.6 is 0 Å². The molecular formula is C12H18O3. The van der Waals surface area contributed by atoms with Gasteiger partial charge in [0.1, 0.15) is 5.60 Å². The fraction of sp³-hybridized carbons (Fsp3) is 0.750. The lowest BCUT2D eigenvalue weighted by Crippen LogP contribution is -2.23. The monoisotopic (exact) mass is 210 g/mol. The highest BCUT2D eigenvalue weighted by Crippen LogP contribution is 2.13. The predicted octanol–water partition coefficient (Wildman–Crippen LogP) is 1.76. The molecule has 0 aromatic heterocycles. The standard InChI is InChI=1S/C12H18O3/c1-12(2,3)15-11(13)5-4-10-6-8-14-9-7-10/h10H,6-9H2,1-3H3. The van der Waals surface area contributed by atoms with Crippen LogP contribution in [0.1, 0.15) is 33.6 Å². The highest BCUT2D eigenvalue weighted by Gasteiger charge is 2.15. The smallest absolute Gasteiger partial charge is 0.384 e. The third-order valence-corrected chi connectivity index (χ3v) is 2.00. The van der Waals surface area contributed by atoms with Crippen LogP contribution < -0.4 is 0 Å². The summed E-state index contributed by atoms with van der Waals surface area (Å²) in [5.41, 5.74) is -0.457. The van der Waals surface area contributed by atoms with Gasteiger partial charge in [0.2, 0.25) is 0 Å². The molecule has 0 atom stereocenters. The van der Waals surface area contributed by atoms with Gasteiger partial charge in [0.25, 0.3) is 0 Å². The molecule has 84 valence electrons. The van der Waals surface area contributed by atoms with E-state index in [9.17, 15) is 4.79 Å². The van der Waals surface area contributed by atoms with Crippen LogP contribution in [0, 0.1) is 17.8 Å². The third kappa shape index (κ3) is 5.44. The molecule has 0 spiro atoms. The average molecular weight is 210 g/mol. The van der Waals surface area contributed by atoms with Gasteiger partial charge in [-0.2, -0.15) is 0 Å². The lowest BCUT2D eigenvalue weighted by Gasteiger charge is -2.18. The molecule has 0 unspecified atom stereocenters. The van der Waals surface area contributed by atoms with Crippen molar-refractivity contribution in [2.24, 2.45) is 5.92 Å². The summed E-state index contributed by atoms with van der Waals surface area (Å²) in [5, 5.41) is 0. The van der Waals surface area contributed by atoms with Crippen LogP contribution in [-0.4, -0.2) is 24.8 Å². The molecule has 0 N–H and O–H groups in total. The maximum Gasteiger partial charge on any atom is 0.384 e. The molecule has 1 rings (SSSR count). The summed E-state index contributed by atoms with van der Waals surface area (Å²) in [6, 6.07) is 0. The Morgan fingerprint density at radius 1 is 1.33 bits per heavy atom. The zero-order valence-corrected chi connectivity index (χ0v) is 9.63. The molecule has 1 fully saturated rings. The molecule has 3 heteroatoms. The van der Waals surface area contributed by atoms with Crippen LogP contribution in [0.15, 0.2) is 0 Å². The first kappa shape index (κ1) is 12.1. The van der Waals surface area contributed by atoms with Gasteiger partial charge in [0.15, 0.2) is 0 Å². The highest BCUT2D eigenvalue weighted by molar-refractivity contribution is 5.88. The Balaban J connectivity index is 2.39. The molecule has 0 aromatic rings. The molecule has 15 heavy (non-hydrogen) atoms. The zero-order valence-electron chi connectivity index (χ0n) is 9.63. The van der Waals surface area contributed by atoms with Crippen molar-refractivity contribution in [3.05, 3.63) is 0 Å². The second-order valence-corrected chi connectivity index (χ2v) is 4.66. The minimum Gasteiger partial charge on any atom is -0.450 e. The number of hydrogen-bond acceptors (Lipinski definition) is 3. The van der Waals surface area contributed by atoms with Gasteiger partial charge in [-0.25, -0.2) is 4.79 Å². The minimum atomic E-state index is -0.457. The van der Waals surface area contributed by atoms with Crippen molar-refractivity contribution in [1.29, 1.82) is 0 Å². The molecule has 0 radical (unpaired) electrons. The molecular weight excluding hydrogens is 192 g/mol. The van der Waals surface area contributed by atoms with Gasteiger partial charge < -0.3 is 9.47 Å². The van der Waals surface area contributed by atoms with Crippen LogP contribution in [-0.2, 0) is 14.3 Å². The van der Waals surface area contributed by atoms with Crippen LogP contribution in [0.2, 0.25) is 0 Å². The van der Waals surface area contributed by atoms with Crippen LogP contribution in [0.5, 0.6) is 0 Å². The summed E-state index contributed by atoms with van der Waals surface area (Å²) in [7, 11) is 0. The quantitative estimate of drug-likeness (QED) is 0.347. The highest BCUT2D eigenvalue weighted by atomic mass is 16.6. The molecule has 0 aromatic carbocycles. The summed E-state index contributed by atoms with van der Waals surface area (Å²) in [6.07, 6.45) is 1.82. The summed E-state index contributed by atoms with van der Waals surface area (Å²) >= 11 is 0. The SMILES string of the molecule is CC(C)(C)OC(=O)C#CC1CCOCC1. The van der Waals surface area contributed by atoms with Gasteiger partial charge in [0.05, 0.1) is 0 Å². The van der Waals surface area contributed by atoms with Crippen molar-refractivity contribution in [2.75, 3.05) is 13.2 Å². The first-order valence-electron chi connectivity index (χ1n) is 5.29. The van der Waals surface area contributed by atoms with E-state index in [1.165, 1.54) is 0 Å². The number of carbonyl (C=O) groups excluding carboxylic acids is 1. The Morgan fingerprint density at radius 3 is 2.47 bits per heavy atom. The van der Waals surface area contributed by atoms with E-state index in [4.69, 9.17) is 9.47 Å². The van der Waals surface area contributed by atoms with E-state index in [0.717, 1.165) is 26.1 Å². The van der Waals surface area contributed by atoms with E-state index in [1.54, 1.807) is 0 Å². The van der Waals surface area contributed by atoms with E-state index in [2.05, 4.69) is 11.8 Å². The van der Waals surface area contributed by atoms with E-state index in [1.807, 2.05) is 20.8 Å². The van der Waals surface area contributed by atoms with Gasteiger partial charge in [-0.05, 0) is 33.6 Å². The Labute approximate surface area is 91.1 Å². The van der Waals surface area contributed by atoms with Crippen molar-refractivity contribution in [3.63, 3.8) is 0 Å². The Kier molecular flexibility index (Phi) is 4.16. The molecule has 0 saturated carbocycles. The predicted molar refractivity (Wildman–Crippen MR) is 57.2 cm³/mol. The average Bonchev–Trinajstić information content (AvgIpc) is 2.14. The van der Waals surface area contributed by atoms with E-state index in [-0.39, 0.29) is 5.92 Å². The molecule has 0 amide bonds. The molecule has 0 bridgehead atoms. The van der Waals surface area contributed by atoms with Gasteiger partial charge in [-0.1, -0.05) is 5.92 Å². The molecule has 1 aliphatic heterocycles. The van der Waals surface area contributed by atoms with Gasteiger partial charge in [-0.15, -0.1) is 0 Å². The Morgan fingerprint density at radius 2 is 1.93 bits per heavy atom. The number of ether oxygens (including phenoxy) is 2. The fourth-order valence-electron chi connectivity index (χ4n) is 1.31. The normalized spacial score (nSPS) is 17.8. The minimum absolute atomic E-state index is 0.284. The van der Waals surface area contributed by atoms with Crippen LogP contribution in [0.4, 0.5) is 0 Å². The van der Waals surface area contributed by atoms with Crippen molar-refractivity contribution in [3.8, 4) is 11.8 Å². The summed E-state index contributed by atoms with van der Waals surface area (Å²) in [4.78, 5) is 11.3. The van der Waals surface area contributed by atoms with E-state index >= 15 is 0 Å². The number of carbonyl (C=O) groups is 1. The third-order valence-electron chi connectivity index (χ3n) is 2.00. The number of esters is 1. The van der Waals surface area contributed by atoms with Gasteiger partial charge >= 0.3 is 5.97 Å². The zero-order chi connectivity index (χ0) is 11.3. The van der Waals surface area contributed by atoms with Crippen molar-refractivity contribution >= 4 is 5.97 Å². The van der Waals surface area contributed by atoms with Gasteiger partial charge in [0, 0.05) is 25.1 Å². The largest absolute Gasteiger partial charge is 0.450 e. The number of hydrogen-bond donors (Lipinski definition) is 0. The van der Waals surface area contributed by atoms with Crippen LogP contribution in [0.3, 0.4) is 0 Å². The Bertz CT molecular complexity index is 271. The van der Waals surface area contributed by atoms with E-state index < -0.39 is 11.6 Å². The summed E-state index contributed by atoms with van der Waals surface area (Å²) in [5.74, 6) is 5.33. The molecule has 1 heterocycles. The van der Waals surface area contributed by atoms with Crippen molar-refractivity contribution < 1.29 is 14.3 Å². The first-order chi connectivity index (χ1) is 6.97. The lowest BCUT2D eigenvalue weighted by molar-refractivity contribution is -0.147. The summed E-state index contributed by atoms with van der Waals surface area (Å²) in [6.45, 7) is 6.99. The van der Waals surface area contributed by atoms with Crippen molar-refractivity contribution in [1.82, 2.24) is 0 Å². The molecule has 1 saturated heterocycles. The topological polar surface area (TPSA) is 35.5 Å². The Hall–Kier alpha value is -1.01. The number of rotatable bonds is 0. The maximum atomic E-state index is 11.3. The maximum absolute atomic E-state index is 11.3. The van der Waals surface area contributed by atoms with E-state index in [0.29, 0.717) is 0 Å². The van der Waals surface area contributed by atoms with Crippen molar-refractivity contribution in [2.45, 2.75) is 39.2 Å². The van der Waals surface area contributed by atoms with Crippen LogP contribution in [0.25, 0.3) is 0 Å². The second kappa shape index (κ2) is 5.18. The fourth-order valence-corrected chi connectivity index (χ4v) is 1.31. The molecule has 1 aliphatic rings. The lowest BCUT2D eigenvalue weighted by atomic mass is 10.0. The summed E-state index contributed by atoms with van der Waals surface area (Å²) < 4.78 is 10.3. The second-order valence-electron chi connectivity index (χ2n) is 4.66. The molecule has 0 aliphatic carbocycles.